The molecule has 1 aliphatic heterocycles. The first-order valence-electron chi connectivity index (χ1n) is 5.95. The number of rotatable bonds is 2. The Kier molecular flexibility index (Phi) is 2.93. The minimum Gasteiger partial charge on any atom is -0.353 e. The fourth-order valence-corrected chi connectivity index (χ4v) is 2.07. The highest BCUT2D eigenvalue weighted by atomic mass is 19.1. The molecular weight excluding hydrogens is 233 g/mol. The van der Waals surface area contributed by atoms with E-state index in [1.807, 2.05) is 6.07 Å². The number of hydrogen-bond acceptors (Lipinski definition) is 4. The van der Waals surface area contributed by atoms with Crippen molar-refractivity contribution in [2.45, 2.75) is 0 Å². The number of pyridine rings is 1. The summed E-state index contributed by atoms with van der Waals surface area (Å²) < 4.78 is 13.1. The van der Waals surface area contributed by atoms with Crippen LogP contribution in [0.25, 0.3) is 11.3 Å². The first-order chi connectivity index (χ1) is 8.83. The molecule has 2 aromatic rings. The Morgan fingerprint density at radius 2 is 2.00 bits per heavy atom. The highest BCUT2D eigenvalue weighted by Gasteiger charge is 2.14. The van der Waals surface area contributed by atoms with Crippen molar-refractivity contribution in [1.82, 2.24) is 20.5 Å². The maximum Gasteiger partial charge on any atom is 0.151 e. The van der Waals surface area contributed by atoms with Gasteiger partial charge in [-0.25, -0.2) is 4.39 Å². The van der Waals surface area contributed by atoms with Crippen molar-refractivity contribution < 1.29 is 4.39 Å². The number of H-pyrrole nitrogens is 1. The van der Waals surface area contributed by atoms with Crippen LogP contribution in [-0.4, -0.2) is 41.4 Å². The molecule has 6 heteroatoms. The molecule has 2 N–H and O–H groups in total. The third-order valence-corrected chi connectivity index (χ3v) is 3.02. The number of nitrogens with one attached hydrogen (secondary N) is 2. The molecule has 0 aliphatic carbocycles. The molecule has 0 saturated carbocycles. The maximum absolute atomic E-state index is 13.1. The van der Waals surface area contributed by atoms with Crippen molar-refractivity contribution >= 4 is 5.82 Å². The normalized spacial score (nSPS) is 15.9. The molecule has 0 unspecified atom stereocenters. The second-order valence-electron chi connectivity index (χ2n) is 4.27. The number of halogens is 1. The Morgan fingerprint density at radius 1 is 1.17 bits per heavy atom. The number of aromatic nitrogens is 3. The van der Waals surface area contributed by atoms with Gasteiger partial charge < -0.3 is 10.2 Å². The van der Waals surface area contributed by atoms with E-state index in [1.165, 1.54) is 12.3 Å². The predicted octanol–water partition coefficient (Wildman–Crippen LogP) is 1.02. The van der Waals surface area contributed by atoms with Gasteiger partial charge in [-0.05, 0) is 6.07 Å². The van der Waals surface area contributed by atoms with E-state index < -0.39 is 0 Å². The van der Waals surface area contributed by atoms with E-state index in [2.05, 4.69) is 25.4 Å². The van der Waals surface area contributed by atoms with Crippen molar-refractivity contribution in [1.29, 1.82) is 0 Å². The van der Waals surface area contributed by atoms with Gasteiger partial charge in [0, 0.05) is 44.0 Å². The van der Waals surface area contributed by atoms with Crippen LogP contribution in [-0.2, 0) is 0 Å². The molecule has 0 atom stereocenters. The molecule has 1 saturated heterocycles. The first kappa shape index (κ1) is 11.2. The smallest absolute Gasteiger partial charge is 0.151 e. The Labute approximate surface area is 104 Å². The Morgan fingerprint density at radius 3 is 2.78 bits per heavy atom. The summed E-state index contributed by atoms with van der Waals surface area (Å²) in [7, 11) is 0. The molecule has 1 fully saturated rings. The first-order valence-corrected chi connectivity index (χ1v) is 5.95. The summed E-state index contributed by atoms with van der Waals surface area (Å²) in [5.41, 5.74) is 1.50. The predicted molar refractivity (Wildman–Crippen MR) is 66.9 cm³/mol. The van der Waals surface area contributed by atoms with Crippen molar-refractivity contribution in [3.05, 3.63) is 30.3 Å². The molecule has 0 amide bonds. The molecular formula is C12H14FN5. The third kappa shape index (κ3) is 2.19. The van der Waals surface area contributed by atoms with Crippen LogP contribution in [0.5, 0.6) is 0 Å². The lowest BCUT2D eigenvalue weighted by Gasteiger charge is -2.26. The zero-order valence-corrected chi connectivity index (χ0v) is 9.86. The minimum absolute atomic E-state index is 0.342. The molecule has 0 spiro atoms. The number of nitrogens with zero attached hydrogens (tertiary/aromatic N) is 3. The lowest BCUT2D eigenvalue weighted by molar-refractivity contribution is 0.584. The summed E-state index contributed by atoms with van der Waals surface area (Å²) in [6.45, 7) is 3.80. The lowest BCUT2D eigenvalue weighted by atomic mass is 10.2. The summed E-state index contributed by atoms with van der Waals surface area (Å²) in [6.07, 6.45) is 2.81. The van der Waals surface area contributed by atoms with Gasteiger partial charge in [-0.2, -0.15) is 5.10 Å². The van der Waals surface area contributed by atoms with Crippen LogP contribution >= 0.6 is 0 Å². The van der Waals surface area contributed by atoms with Crippen LogP contribution in [0.15, 0.2) is 24.5 Å². The fourth-order valence-electron chi connectivity index (χ4n) is 2.07. The number of aromatic amines is 1. The third-order valence-electron chi connectivity index (χ3n) is 3.02. The van der Waals surface area contributed by atoms with Gasteiger partial charge in [0.25, 0.3) is 0 Å². The second kappa shape index (κ2) is 4.73. The fraction of sp³-hybridized carbons (Fsp3) is 0.333. The Hall–Kier alpha value is -1.95. The van der Waals surface area contributed by atoms with Crippen molar-refractivity contribution in [3.8, 4) is 11.3 Å². The van der Waals surface area contributed by atoms with Gasteiger partial charge in [-0.3, -0.25) is 10.1 Å². The van der Waals surface area contributed by atoms with Gasteiger partial charge in [0.1, 0.15) is 5.82 Å². The minimum atomic E-state index is -0.342. The van der Waals surface area contributed by atoms with E-state index in [-0.39, 0.29) is 5.82 Å². The van der Waals surface area contributed by atoms with Crippen LogP contribution in [0.3, 0.4) is 0 Å². The van der Waals surface area contributed by atoms with Crippen LogP contribution in [0.2, 0.25) is 0 Å². The van der Waals surface area contributed by atoms with Gasteiger partial charge in [-0.1, -0.05) is 0 Å². The van der Waals surface area contributed by atoms with Crippen LogP contribution in [0, 0.1) is 5.82 Å². The summed E-state index contributed by atoms with van der Waals surface area (Å²) in [6, 6.07) is 3.38. The average Bonchev–Trinajstić information content (AvgIpc) is 2.89. The zero-order chi connectivity index (χ0) is 12.4. The Bertz CT molecular complexity index is 533. The second-order valence-corrected chi connectivity index (χ2v) is 4.27. The van der Waals surface area contributed by atoms with Crippen molar-refractivity contribution in [3.63, 3.8) is 0 Å². The molecule has 3 rings (SSSR count). The van der Waals surface area contributed by atoms with Crippen molar-refractivity contribution in [2.24, 2.45) is 0 Å². The van der Waals surface area contributed by atoms with E-state index >= 15 is 0 Å². The number of piperazine rings is 1. The zero-order valence-electron chi connectivity index (χ0n) is 9.86. The largest absolute Gasteiger partial charge is 0.353 e. The van der Waals surface area contributed by atoms with Gasteiger partial charge in [0.15, 0.2) is 5.82 Å². The van der Waals surface area contributed by atoms with Crippen molar-refractivity contribution in [2.75, 3.05) is 31.1 Å². The SMILES string of the molecule is Fc1cncc(-c2cc(N3CCNCC3)n[nH]2)c1. The van der Waals surface area contributed by atoms with Gasteiger partial charge in [0.2, 0.25) is 0 Å². The van der Waals surface area contributed by atoms with Crippen LogP contribution in [0.4, 0.5) is 10.2 Å². The molecule has 5 nitrogen and oxygen atoms in total. The topological polar surface area (TPSA) is 56.8 Å². The molecule has 3 heterocycles. The van der Waals surface area contributed by atoms with E-state index in [1.54, 1.807) is 6.20 Å². The summed E-state index contributed by atoms with van der Waals surface area (Å²) >= 11 is 0. The summed E-state index contributed by atoms with van der Waals surface area (Å²) in [5, 5.41) is 10.5. The monoisotopic (exact) mass is 247 g/mol. The lowest BCUT2D eigenvalue weighted by Crippen LogP contribution is -2.43. The average molecular weight is 247 g/mol. The molecule has 1 aliphatic rings. The van der Waals surface area contributed by atoms with Gasteiger partial charge in [-0.15, -0.1) is 0 Å². The summed E-state index contributed by atoms with van der Waals surface area (Å²) in [4.78, 5) is 6.03. The quantitative estimate of drug-likeness (QED) is 0.832. The number of hydrogen-bond donors (Lipinski definition) is 2. The molecule has 94 valence electrons. The molecule has 0 bridgehead atoms. The standard InChI is InChI=1S/C12H14FN5/c13-10-5-9(7-15-8-10)11-6-12(17-16-11)18-3-1-14-2-4-18/h5-8,14H,1-4H2,(H,16,17). The van der Waals surface area contributed by atoms with Crippen LogP contribution in [0.1, 0.15) is 0 Å². The summed E-state index contributed by atoms with van der Waals surface area (Å²) in [5.74, 6) is 0.557. The van der Waals surface area contributed by atoms with Crippen LogP contribution < -0.4 is 10.2 Å². The van der Waals surface area contributed by atoms with E-state index in [0.29, 0.717) is 5.56 Å². The van der Waals surface area contributed by atoms with E-state index in [9.17, 15) is 4.39 Å². The molecule has 18 heavy (non-hydrogen) atoms. The molecule has 0 aromatic carbocycles. The number of anilines is 1. The highest BCUT2D eigenvalue weighted by Crippen LogP contribution is 2.21. The molecule has 0 radical (unpaired) electrons. The Balaban J connectivity index is 1.84. The van der Waals surface area contributed by atoms with E-state index in [0.717, 1.165) is 37.7 Å². The van der Waals surface area contributed by atoms with E-state index in [4.69, 9.17) is 0 Å². The highest BCUT2D eigenvalue weighted by molar-refractivity contribution is 5.62. The molecule has 2 aromatic heterocycles. The maximum atomic E-state index is 13.1. The van der Waals surface area contributed by atoms with Gasteiger partial charge >= 0.3 is 0 Å². The van der Waals surface area contributed by atoms with Gasteiger partial charge in [0.05, 0.1) is 11.9 Å².